The van der Waals surface area contributed by atoms with Crippen molar-refractivity contribution in [3.63, 3.8) is 0 Å². The van der Waals surface area contributed by atoms with Crippen molar-refractivity contribution in [3.8, 4) is 28.6 Å². The standard InChI is InChI=1S/C23H26N4O6/c1-30-17-8-4-15(5-9-17)6-11-20(28)24-12-13-25-22(29)23-26-21(27-33-23)16-7-10-18(31-2)19(14-16)32-3/h4-5,7-10,14H,6,11-13H2,1-3H3,(H,24,28)(H,25,29). The zero-order chi connectivity index (χ0) is 23.6. The van der Waals surface area contributed by atoms with Gasteiger partial charge in [-0.15, -0.1) is 0 Å². The van der Waals surface area contributed by atoms with Crippen LogP contribution in [-0.4, -0.2) is 56.4 Å². The van der Waals surface area contributed by atoms with E-state index in [1.807, 2.05) is 24.3 Å². The van der Waals surface area contributed by atoms with Crippen LogP contribution in [0, 0.1) is 0 Å². The van der Waals surface area contributed by atoms with Crippen LogP contribution >= 0.6 is 0 Å². The van der Waals surface area contributed by atoms with E-state index in [4.69, 9.17) is 18.7 Å². The molecule has 0 fully saturated rings. The van der Waals surface area contributed by atoms with Crippen molar-refractivity contribution in [2.24, 2.45) is 0 Å². The lowest BCUT2D eigenvalue weighted by Crippen LogP contribution is -2.34. The maximum atomic E-state index is 12.2. The summed E-state index contributed by atoms with van der Waals surface area (Å²) in [6.07, 6.45) is 0.960. The highest BCUT2D eigenvalue weighted by Gasteiger charge is 2.17. The highest BCUT2D eigenvalue weighted by atomic mass is 16.5. The fourth-order valence-electron chi connectivity index (χ4n) is 3.00. The number of ether oxygens (including phenoxy) is 3. The van der Waals surface area contributed by atoms with Crippen LogP contribution in [0.25, 0.3) is 11.4 Å². The highest BCUT2D eigenvalue weighted by Crippen LogP contribution is 2.31. The Bertz CT molecular complexity index is 1080. The molecule has 0 spiro atoms. The van der Waals surface area contributed by atoms with Crippen LogP contribution < -0.4 is 24.8 Å². The maximum absolute atomic E-state index is 12.2. The number of hydrogen-bond donors (Lipinski definition) is 2. The SMILES string of the molecule is COc1ccc(CCC(=O)NCCNC(=O)c2nc(-c3ccc(OC)c(OC)c3)no2)cc1. The largest absolute Gasteiger partial charge is 0.497 e. The molecule has 2 N–H and O–H groups in total. The van der Waals surface area contributed by atoms with E-state index in [0.717, 1.165) is 11.3 Å². The van der Waals surface area contributed by atoms with Crippen LogP contribution in [-0.2, 0) is 11.2 Å². The Morgan fingerprint density at radius 3 is 2.33 bits per heavy atom. The molecule has 1 heterocycles. The molecule has 174 valence electrons. The van der Waals surface area contributed by atoms with Gasteiger partial charge in [0.2, 0.25) is 11.7 Å². The van der Waals surface area contributed by atoms with Crippen LogP contribution in [0.15, 0.2) is 47.0 Å². The summed E-state index contributed by atoms with van der Waals surface area (Å²) in [7, 11) is 4.67. The third-order valence-corrected chi connectivity index (χ3v) is 4.79. The molecule has 0 aliphatic rings. The average molecular weight is 454 g/mol. The topological polar surface area (TPSA) is 125 Å². The molecule has 0 radical (unpaired) electrons. The quantitative estimate of drug-likeness (QED) is 0.423. The van der Waals surface area contributed by atoms with E-state index in [0.29, 0.717) is 29.9 Å². The van der Waals surface area contributed by atoms with Gasteiger partial charge < -0.3 is 29.4 Å². The lowest BCUT2D eigenvalue weighted by Gasteiger charge is -2.07. The van der Waals surface area contributed by atoms with Crippen molar-refractivity contribution >= 4 is 11.8 Å². The van der Waals surface area contributed by atoms with Crippen LogP contribution in [0.4, 0.5) is 0 Å². The number of rotatable bonds is 11. The monoisotopic (exact) mass is 454 g/mol. The van der Waals surface area contributed by atoms with Gasteiger partial charge in [-0.1, -0.05) is 17.3 Å². The minimum absolute atomic E-state index is 0.103. The summed E-state index contributed by atoms with van der Waals surface area (Å²) in [6, 6.07) is 12.7. The Morgan fingerprint density at radius 1 is 0.909 bits per heavy atom. The van der Waals surface area contributed by atoms with Crippen LogP contribution in [0.2, 0.25) is 0 Å². The smallest absolute Gasteiger partial charge is 0.316 e. The van der Waals surface area contributed by atoms with Gasteiger partial charge in [-0.2, -0.15) is 4.98 Å². The molecule has 1 aromatic heterocycles. The normalized spacial score (nSPS) is 10.4. The Kier molecular flexibility index (Phi) is 8.23. The van der Waals surface area contributed by atoms with Gasteiger partial charge in [0, 0.05) is 25.1 Å². The summed E-state index contributed by atoms with van der Waals surface area (Å²) in [5.74, 6) is 1.28. The van der Waals surface area contributed by atoms with E-state index < -0.39 is 5.91 Å². The van der Waals surface area contributed by atoms with Gasteiger partial charge in [-0.05, 0) is 42.3 Å². The van der Waals surface area contributed by atoms with Crippen molar-refractivity contribution in [1.29, 1.82) is 0 Å². The van der Waals surface area contributed by atoms with Gasteiger partial charge in [-0.25, -0.2) is 0 Å². The van der Waals surface area contributed by atoms with Gasteiger partial charge in [0.15, 0.2) is 11.5 Å². The number of aryl methyl sites for hydroxylation is 1. The number of amides is 2. The van der Waals surface area contributed by atoms with Crippen molar-refractivity contribution < 1.29 is 28.3 Å². The third kappa shape index (κ3) is 6.45. The van der Waals surface area contributed by atoms with E-state index in [2.05, 4.69) is 20.8 Å². The van der Waals surface area contributed by atoms with Crippen LogP contribution in [0.5, 0.6) is 17.2 Å². The Morgan fingerprint density at radius 2 is 1.64 bits per heavy atom. The number of methoxy groups -OCH3 is 3. The molecule has 3 aromatic rings. The molecule has 0 saturated heterocycles. The second-order valence-electron chi connectivity index (χ2n) is 6.95. The zero-order valence-electron chi connectivity index (χ0n) is 18.7. The minimum Gasteiger partial charge on any atom is -0.497 e. The van der Waals surface area contributed by atoms with Gasteiger partial charge in [-0.3, -0.25) is 9.59 Å². The number of nitrogens with one attached hydrogen (secondary N) is 2. The molecule has 3 rings (SSSR count). The van der Waals surface area contributed by atoms with E-state index in [9.17, 15) is 9.59 Å². The van der Waals surface area contributed by atoms with Crippen molar-refractivity contribution in [1.82, 2.24) is 20.8 Å². The number of hydrogen-bond acceptors (Lipinski definition) is 8. The Hall–Kier alpha value is -4.08. The Labute approximate surface area is 191 Å². The average Bonchev–Trinajstić information content (AvgIpc) is 3.35. The highest BCUT2D eigenvalue weighted by molar-refractivity contribution is 5.90. The molecule has 10 heteroatoms. The summed E-state index contributed by atoms with van der Waals surface area (Å²) in [4.78, 5) is 28.4. The first-order chi connectivity index (χ1) is 16.0. The molecule has 10 nitrogen and oxygen atoms in total. The fraction of sp³-hybridized carbons (Fsp3) is 0.304. The lowest BCUT2D eigenvalue weighted by atomic mass is 10.1. The molecule has 0 bridgehead atoms. The van der Waals surface area contributed by atoms with Crippen molar-refractivity contribution in [2.75, 3.05) is 34.4 Å². The van der Waals surface area contributed by atoms with E-state index in [1.54, 1.807) is 25.3 Å². The van der Waals surface area contributed by atoms with Gasteiger partial charge in [0.1, 0.15) is 5.75 Å². The second kappa shape index (κ2) is 11.5. The van der Waals surface area contributed by atoms with E-state index in [-0.39, 0.29) is 30.7 Å². The first-order valence-corrected chi connectivity index (χ1v) is 10.3. The molecule has 0 atom stereocenters. The molecule has 0 saturated carbocycles. The number of carbonyl (C=O) groups excluding carboxylic acids is 2. The number of aromatic nitrogens is 2. The zero-order valence-corrected chi connectivity index (χ0v) is 18.7. The van der Waals surface area contributed by atoms with E-state index >= 15 is 0 Å². The lowest BCUT2D eigenvalue weighted by molar-refractivity contribution is -0.121. The summed E-state index contributed by atoms with van der Waals surface area (Å²) in [6.45, 7) is 0.505. The third-order valence-electron chi connectivity index (χ3n) is 4.79. The van der Waals surface area contributed by atoms with Crippen molar-refractivity contribution in [3.05, 3.63) is 53.9 Å². The summed E-state index contributed by atoms with van der Waals surface area (Å²) >= 11 is 0. The van der Waals surface area contributed by atoms with Crippen LogP contribution in [0.1, 0.15) is 22.7 Å². The first-order valence-electron chi connectivity index (χ1n) is 10.3. The summed E-state index contributed by atoms with van der Waals surface area (Å²) in [5.41, 5.74) is 1.65. The molecule has 2 amide bonds. The summed E-state index contributed by atoms with van der Waals surface area (Å²) < 4.78 is 20.6. The Balaban J connectivity index is 1.42. The van der Waals surface area contributed by atoms with Gasteiger partial charge in [0.05, 0.1) is 21.3 Å². The molecule has 33 heavy (non-hydrogen) atoms. The number of nitrogens with zero attached hydrogens (tertiary/aromatic N) is 2. The first kappa shape index (κ1) is 23.6. The maximum Gasteiger partial charge on any atom is 0.316 e. The molecule has 2 aromatic carbocycles. The van der Waals surface area contributed by atoms with Gasteiger partial charge >= 0.3 is 11.8 Å². The molecular weight excluding hydrogens is 428 g/mol. The van der Waals surface area contributed by atoms with Crippen LogP contribution in [0.3, 0.4) is 0 Å². The number of benzene rings is 2. The van der Waals surface area contributed by atoms with E-state index in [1.165, 1.54) is 14.2 Å². The molecule has 0 aliphatic carbocycles. The predicted molar refractivity (Wildman–Crippen MR) is 119 cm³/mol. The van der Waals surface area contributed by atoms with Gasteiger partial charge in [0.25, 0.3) is 0 Å². The number of carbonyl (C=O) groups is 2. The molecular formula is C23H26N4O6. The fourth-order valence-corrected chi connectivity index (χ4v) is 3.00. The molecule has 0 aliphatic heterocycles. The van der Waals surface area contributed by atoms with Crippen molar-refractivity contribution in [2.45, 2.75) is 12.8 Å². The predicted octanol–water partition coefficient (Wildman–Crippen LogP) is 2.24. The minimum atomic E-state index is -0.526. The second-order valence-corrected chi connectivity index (χ2v) is 6.95. The molecule has 0 unspecified atom stereocenters. The summed E-state index contributed by atoms with van der Waals surface area (Å²) in [5, 5.41) is 9.24.